The third-order valence-electron chi connectivity index (χ3n) is 3.16. The molecule has 1 aliphatic rings. The number of nitrogens with zero attached hydrogens (tertiary/aromatic N) is 2. The Morgan fingerprint density at radius 1 is 1.53 bits per heavy atom. The molecule has 1 aromatic heterocycles. The summed E-state index contributed by atoms with van der Waals surface area (Å²) in [5, 5.41) is 3.31. The molecular weight excluding hydrogens is 214 g/mol. The fourth-order valence-corrected chi connectivity index (χ4v) is 2.20. The number of carbonyl (C=O) groups is 1. The Morgan fingerprint density at radius 3 is 3.00 bits per heavy atom. The second-order valence-electron chi connectivity index (χ2n) is 5.03. The zero-order valence-corrected chi connectivity index (χ0v) is 10.4. The number of hydrogen-bond donors (Lipinski definition) is 1. The molecule has 1 aliphatic heterocycles. The van der Waals surface area contributed by atoms with Gasteiger partial charge in [0.1, 0.15) is 0 Å². The van der Waals surface area contributed by atoms with E-state index in [-0.39, 0.29) is 11.4 Å². The van der Waals surface area contributed by atoms with Gasteiger partial charge in [-0.2, -0.15) is 0 Å². The van der Waals surface area contributed by atoms with Gasteiger partial charge in [0.15, 0.2) is 0 Å². The monoisotopic (exact) mass is 233 g/mol. The molecule has 0 radical (unpaired) electrons. The lowest BCUT2D eigenvalue weighted by atomic mass is 9.99. The first kappa shape index (κ1) is 12.0. The van der Waals surface area contributed by atoms with Crippen LogP contribution in [-0.2, 0) is 11.2 Å². The van der Waals surface area contributed by atoms with Gasteiger partial charge in [0.2, 0.25) is 5.91 Å². The molecule has 0 atom stereocenters. The predicted molar refractivity (Wildman–Crippen MR) is 66.6 cm³/mol. The molecule has 2 heterocycles. The second kappa shape index (κ2) is 4.84. The maximum Gasteiger partial charge on any atom is 0.229 e. The van der Waals surface area contributed by atoms with Gasteiger partial charge in [-0.1, -0.05) is 6.07 Å². The highest BCUT2D eigenvalue weighted by Gasteiger charge is 2.32. The van der Waals surface area contributed by atoms with Crippen molar-refractivity contribution in [1.82, 2.24) is 15.2 Å². The number of piperazine rings is 1. The summed E-state index contributed by atoms with van der Waals surface area (Å²) in [4.78, 5) is 18.4. The van der Waals surface area contributed by atoms with Gasteiger partial charge in [0, 0.05) is 37.1 Å². The van der Waals surface area contributed by atoms with Crippen molar-refractivity contribution in [2.45, 2.75) is 25.8 Å². The lowest BCUT2D eigenvalue weighted by Crippen LogP contribution is -2.60. The Labute approximate surface area is 102 Å². The molecule has 1 aromatic rings. The molecule has 0 bridgehead atoms. The average Bonchev–Trinajstić information content (AvgIpc) is 2.29. The van der Waals surface area contributed by atoms with Gasteiger partial charge in [-0.15, -0.1) is 0 Å². The minimum Gasteiger partial charge on any atom is -0.335 e. The van der Waals surface area contributed by atoms with E-state index in [1.165, 1.54) is 0 Å². The van der Waals surface area contributed by atoms with Crippen molar-refractivity contribution in [3.8, 4) is 0 Å². The van der Waals surface area contributed by atoms with E-state index in [4.69, 9.17) is 0 Å². The highest BCUT2D eigenvalue weighted by atomic mass is 16.2. The Balaban J connectivity index is 2.04. The fourth-order valence-electron chi connectivity index (χ4n) is 2.20. The molecule has 92 valence electrons. The second-order valence-corrected chi connectivity index (χ2v) is 5.03. The SMILES string of the molecule is CC1(C)CNCCN1C(=O)Cc1ccccn1. The van der Waals surface area contributed by atoms with E-state index in [9.17, 15) is 4.79 Å². The van der Waals surface area contributed by atoms with Crippen LogP contribution in [0.5, 0.6) is 0 Å². The van der Waals surface area contributed by atoms with Crippen LogP contribution in [0.2, 0.25) is 0 Å². The maximum atomic E-state index is 12.2. The van der Waals surface area contributed by atoms with Crippen LogP contribution in [0.25, 0.3) is 0 Å². The zero-order valence-electron chi connectivity index (χ0n) is 10.4. The van der Waals surface area contributed by atoms with Crippen molar-refractivity contribution < 1.29 is 4.79 Å². The Bertz CT molecular complexity index is 389. The molecule has 1 fully saturated rings. The van der Waals surface area contributed by atoms with Crippen molar-refractivity contribution in [1.29, 1.82) is 0 Å². The van der Waals surface area contributed by atoms with Crippen molar-refractivity contribution >= 4 is 5.91 Å². The first-order chi connectivity index (χ1) is 8.09. The molecular formula is C13H19N3O. The molecule has 0 aliphatic carbocycles. The normalized spacial score (nSPS) is 19.1. The largest absolute Gasteiger partial charge is 0.335 e. The summed E-state index contributed by atoms with van der Waals surface area (Å²) in [6, 6.07) is 5.67. The van der Waals surface area contributed by atoms with E-state index in [0.717, 1.165) is 25.3 Å². The number of hydrogen-bond acceptors (Lipinski definition) is 3. The van der Waals surface area contributed by atoms with Gasteiger partial charge in [-0.25, -0.2) is 0 Å². The quantitative estimate of drug-likeness (QED) is 0.823. The minimum atomic E-state index is -0.107. The Kier molecular flexibility index (Phi) is 3.43. The summed E-state index contributed by atoms with van der Waals surface area (Å²) in [7, 11) is 0. The van der Waals surface area contributed by atoms with Crippen LogP contribution in [0, 0.1) is 0 Å². The maximum absolute atomic E-state index is 12.2. The van der Waals surface area contributed by atoms with Gasteiger partial charge in [0.25, 0.3) is 0 Å². The number of aromatic nitrogens is 1. The van der Waals surface area contributed by atoms with Crippen LogP contribution >= 0.6 is 0 Å². The van der Waals surface area contributed by atoms with E-state index in [1.807, 2.05) is 23.1 Å². The number of rotatable bonds is 2. The number of carbonyl (C=O) groups excluding carboxylic acids is 1. The molecule has 4 nitrogen and oxygen atoms in total. The molecule has 1 saturated heterocycles. The standard InChI is InChI=1S/C13H19N3O/c1-13(2)10-14-7-8-16(13)12(17)9-11-5-3-4-6-15-11/h3-6,14H,7-10H2,1-2H3. The molecule has 0 saturated carbocycles. The minimum absolute atomic E-state index is 0.107. The zero-order chi connectivity index (χ0) is 12.3. The van der Waals surface area contributed by atoms with Crippen LogP contribution in [0.1, 0.15) is 19.5 Å². The summed E-state index contributed by atoms with van der Waals surface area (Å²) in [6.07, 6.45) is 2.12. The van der Waals surface area contributed by atoms with E-state index in [0.29, 0.717) is 6.42 Å². The van der Waals surface area contributed by atoms with Crippen molar-refractivity contribution in [2.75, 3.05) is 19.6 Å². The van der Waals surface area contributed by atoms with Crippen molar-refractivity contribution in [2.24, 2.45) is 0 Å². The topological polar surface area (TPSA) is 45.2 Å². The number of nitrogens with one attached hydrogen (secondary N) is 1. The van der Waals surface area contributed by atoms with Crippen LogP contribution < -0.4 is 5.32 Å². The Morgan fingerprint density at radius 2 is 2.35 bits per heavy atom. The van der Waals surface area contributed by atoms with Gasteiger partial charge in [-0.3, -0.25) is 9.78 Å². The lowest BCUT2D eigenvalue weighted by molar-refractivity contribution is -0.136. The highest BCUT2D eigenvalue weighted by Crippen LogP contribution is 2.17. The lowest BCUT2D eigenvalue weighted by Gasteiger charge is -2.42. The molecule has 2 rings (SSSR count). The predicted octanol–water partition coefficient (Wildman–Crippen LogP) is 0.834. The van der Waals surface area contributed by atoms with E-state index in [1.54, 1.807) is 6.20 Å². The summed E-state index contributed by atoms with van der Waals surface area (Å²) in [6.45, 7) is 6.68. The van der Waals surface area contributed by atoms with Crippen LogP contribution in [0.3, 0.4) is 0 Å². The average molecular weight is 233 g/mol. The first-order valence-electron chi connectivity index (χ1n) is 6.01. The van der Waals surface area contributed by atoms with Gasteiger partial charge >= 0.3 is 0 Å². The van der Waals surface area contributed by atoms with Crippen molar-refractivity contribution in [3.63, 3.8) is 0 Å². The van der Waals surface area contributed by atoms with Crippen LogP contribution in [-0.4, -0.2) is 41.0 Å². The summed E-state index contributed by atoms with van der Waals surface area (Å²) in [5.41, 5.74) is 0.733. The molecule has 0 unspecified atom stereocenters. The van der Waals surface area contributed by atoms with E-state index < -0.39 is 0 Å². The third kappa shape index (κ3) is 2.82. The molecule has 17 heavy (non-hydrogen) atoms. The number of amides is 1. The molecule has 1 amide bonds. The first-order valence-corrected chi connectivity index (χ1v) is 6.01. The summed E-state index contributed by atoms with van der Waals surface area (Å²) < 4.78 is 0. The van der Waals surface area contributed by atoms with E-state index >= 15 is 0 Å². The summed E-state index contributed by atoms with van der Waals surface area (Å²) >= 11 is 0. The molecule has 1 N–H and O–H groups in total. The fraction of sp³-hybridized carbons (Fsp3) is 0.538. The highest BCUT2D eigenvalue weighted by molar-refractivity contribution is 5.79. The molecule has 0 aromatic carbocycles. The van der Waals surface area contributed by atoms with Gasteiger partial charge in [-0.05, 0) is 26.0 Å². The van der Waals surface area contributed by atoms with Gasteiger partial charge in [0.05, 0.1) is 6.42 Å². The van der Waals surface area contributed by atoms with E-state index in [2.05, 4.69) is 24.1 Å². The van der Waals surface area contributed by atoms with Crippen LogP contribution in [0.15, 0.2) is 24.4 Å². The van der Waals surface area contributed by atoms with Gasteiger partial charge < -0.3 is 10.2 Å². The molecule has 0 spiro atoms. The number of pyridine rings is 1. The third-order valence-corrected chi connectivity index (χ3v) is 3.16. The summed E-state index contributed by atoms with van der Waals surface area (Å²) in [5.74, 6) is 0.162. The van der Waals surface area contributed by atoms with Crippen molar-refractivity contribution in [3.05, 3.63) is 30.1 Å². The smallest absolute Gasteiger partial charge is 0.229 e. The molecule has 4 heteroatoms. The Hall–Kier alpha value is -1.42. The van der Waals surface area contributed by atoms with Crippen LogP contribution in [0.4, 0.5) is 0 Å².